The van der Waals surface area contributed by atoms with E-state index in [0.29, 0.717) is 6.04 Å². The van der Waals surface area contributed by atoms with E-state index in [9.17, 15) is 0 Å². The molecule has 3 aromatic rings. The molecule has 2 aliphatic heterocycles. The second-order valence-electron chi connectivity index (χ2n) is 11.1. The molecule has 196 valence electrons. The summed E-state index contributed by atoms with van der Waals surface area (Å²) in [5.74, 6) is 2.08. The molecule has 37 heavy (non-hydrogen) atoms. The Bertz CT molecular complexity index is 1150. The maximum Gasteiger partial charge on any atom is 0.225 e. The summed E-state index contributed by atoms with van der Waals surface area (Å²) >= 11 is 0. The van der Waals surface area contributed by atoms with Gasteiger partial charge in [-0.05, 0) is 63.5 Å². The molecule has 3 aliphatic rings. The van der Waals surface area contributed by atoms with Gasteiger partial charge in [0.1, 0.15) is 5.82 Å². The van der Waals surface area contributed by atoms with Crippen molar-refractivity contribution in [3.05, 3.63) is 53.3 Å². The van der Waals surface area contributed by atoms with E-state index in [0.717, 1.165) is 63.6 Å². The van der Waals surface area contributed by atoms with Crippen LogP contribution in [0.3, 0.4) is 0 Å². The lowest BCUT2D eigenvalue weighted by Gasteiger charge is -2.33. The molecule has 7 heteroatoms. The maximum absolute atomic E-state index is 5.21. The van der Waals surface area contributed by atoms with Crippen molar-refractivity contribution in [3.8, 4) is 11.3 Å². The highest BCUT2D eigenvalue weighted by Crippen LogP contribution is 2.31. The minimum Gasteiger partial charge on any atom is -0.356 e. The summed E-state index contributed by atoms with van der Waals surface area (Å²) in [5.41, 5.74) is 6.32. The number of aryl methyl sites for hydroxylation is 1. The van der Waals surface area contributed by atoms with Gasteiger partial charge in [-0.1, -0.05) is 49.6 Å². The first-order valence-corrected chi connectivity index (χ1v) is 14.5. The summed E-state index contributed by atoms with van der Waals surface area (Å²) in [6, 6.07) is 10.9. The Balaban J connectivity index is 1.18. The van der Waals surface area contributed by atoms with Gasteiger partial charge in [0.2, 0.25) is 5.95 Å². The van der Waals surface area contributed by atoms with Gasteiger partial charge < -0.3 is 10.2 Å². The van der Waals surface area contributed by atoms with Gasteiger partial charge in [0.15, 0.2) is 0 Å². The first-order valence-electron chi connectivity index (χ1n) is 14.5. The van der Waals surface area contributed by atoms with Crippen molar-refractivity contribution >= 4 is 11.8 Å². The number of hydrogen-bond acceptors (Lipinski definition) is 6. The number of piperidine rings is 1. The molecule has 2 aromatic heterocycles. The molecule has 0 bridgehead atoms. The van der Waals surface area contributed by atoms with Crippen LogP contribution in [0.15, 0.2) is 36.5 Å². The summed E-state index contributed by atoms with van der Waals surface area (Å²) in [6.45, 7) is 5.28. The van der Waals surface area contributed by atoms with E-state index in [1.807, 2.05) is 6.20 Å². The summed E-state index contributed by atoms with van der Waals surface area (Å²) < 4.78 is 0. The maximum atomic E-state index is 5.21. The molecule has 0 radical (unpaired) electrons. The highest BCUT2D eigenvalue weighted by Gasteiger charge is 2.25. The van der Waals surface area contributed by atoms with Crippen LogP contribution in [0, 0.1) is 0 Å². The molecule has 7 nitrogen and oxygen atoms in total. The van der Waals surface area contributed by atoms with Gasteiger partial charge in [0, 0.05) is 43.3 Å². The quantitative estimate of drug-likeness (QED) is 0.431. The van der Waals surface area contributed by atoms with Gasteiger partial charge >= 0.3 is 0 Å². The number of benzene rings is 1. The van der Waals surface area contributed by atoms with E-state index in [1.54, 1.807) is 0 Å². The van der Waals surface area contributed by atoms with Crippen molar-refractivity contribution in [3.63, 3.8) is 0 Å². The fourth-order valence-electron chi connectivity index (χ4n) is 6.39. The number of H-pyrrole nitrogens is 1. The summed E-state index contributed by atoms with van der Waals surface area (Å²) in [4.78, 5) is 15.5. The van der Waals surface area contributed by atoms with Crippen molar-refractivity contribution in [1.29, 1.82) is 0 Å². The minimum absolute atomic E-state index is 0.363. The van der Waals surface area contributed by atoms with E-state index < -0.39 is 0 Å². The molecule has 0 saturated carbocycles. The Morgan fingerprint density at radius 1 is 0.865 bits per heavy atom. The standard InChI is InChI=1S/C30H41N7/c1-2-10-19-37(18-9-1)29-26-15-7-4-8-16-27(26)33-30(34-29)32-25-14-11-17-36(22-25)21-24-20-31-35-28(24)23-12-5-3-6-13-23/h3,5-6,12-13,20,25H,1-2,4,7-11,14-19,21-22H2,(H,31,35)(H,32,33,34). The Morgan fingerprint density at radius 3 is 2.54 bits per heavy atom. The lowest BCUT2D eigenvalue weighted by molar-refractivity contribution is 0.208. The van der Waals surface area contributed by atoms with Crippen LogP contribution < -0.4 is 10.2 Å². The second-order valence-corrected chi connectivity index (χ2v) is 11.1. The number of likely N-dealkylation sites (tertiary alicyclic amines) is 1. The Kier molecular flexibility index (Phi) is 7.67. The normalized spacial score (nSPS) is 21.2. The van der Waals surface area contributed by atoms with Gasteiger partial charge in [-0.25, -0.2) is 4.98 Å². The number of rotatable bonds is 6. The number of aromatic nitrogens is 4. The van der Waals surface area contributed by atoms with Crippen molar-refractivity contribution in [2.75, 3.05) is 36.4 Å². The number of hydrogen-bond donors (Lipinski definition) is 2. The van der Waals surface area contributed by atoms with Crippen LogP contribution in [0.2, 0.25) is 0 Å². The average Bonchev–Trinajstić information content (AvgIpc) is 3.10. The predicted octanol–water partition coefficient (Wildman–Crippen LogP) is 5.59. The van der Waals surface area contributed by atoms with Crippen LogP contribution in [0.4, 0.5) is 11.8 Å². The van der Waals surface area contributed by atoms with E-state index in [-0.39, 0.29) is 0 Å². The zero-order valence-corrected chi connectivity index (χ0v) is 22.1. The summed E-state index contributed by atoms with van der Waals surface area (Å²) in [7, 11) is 0. The fourth-order valence-corrected chi connectivity index (χ4v) is 6.39. The molecular formula is C30H41N7. The first-order chi connectivity index (χ1) is 18.3. The number of nitrogens with one attached hydrogen (secondary N) is 2. The lowest BCUT2D eigenvalue weighted by Crippen LogP contribution is -2.42. The van der Waals surface area contributed by atoms with E-state index in [2.05, 4.69) is 55.6 Å². The third kappa shape index (κ3) is 5.82. The third-order valence-corrected chi connectivity index (χ3v) is 8.33. The molecule has 2 saturated heterocycles. The number of anilines is 2. The fraction of sp³-hybridized carbons (Fsp3) is 0.567. The number of aromatic amines is 1. The summed E-state index contributed by atoms with van der Waals surface area (Å²) in [5, 5.41) is 11.4. The number of fused-ring (bicyclic) bond motifs is 1. The summed E-state index contributed by atoms with van der Waals surface area (Å²) in [6.07, 6.45) is 15.6. The highest BCUT2D eigenvalue weighted by molar-refractivity contribution is 5.62. The smallest absolute Gasteiger partial charge is 0.225 e. The zero-order chi connectivity index (χ0) is 24.9. The third-order valence-electron chi connectivity index (χ3n) is 8.33. The monoisotopic (exact) mass is 499 g/mol. The molecule has 4 heterocycles. The van der Waals surface area contributed by atoms with Gasteiger partial charge in [0.05, 0.1) is 17.6 Å². The molecule has 0 spiro atoms. The molecule has 1 atom stereocenters. The Morgan fingerprint density at radius 2 is 1.68 bits per heavy atom. The molecule has 1 aromatic carbocycles. The minimum atomic E-state index is 0.363. The Labute approximate surface area is 221 Å². The first kappa shape index (κ1) is 24.4. The topological polar surface area (TPSA) is 73.0 Å². The molecule has 1 unspecified atom stereocenters. The second kappa shape index (κ2) is 11.6. The van der Waals surface area contributed by atoms with Crippen molar-refractivity contribution < 1.29 is 0 Å². The van der Waals surface area contributed by atoms with Gasteiger partial charge in [-0.2, -0.15) is 10.1 Å². The average molecular weight is 500 g/mol. The molecule has 2 N–H and O–H groups in total. The van der Waals surface area contributed by atoms with E-state index in [1.165, 1.54) is 79.6 Å². The van der Waals surface area contributed by atoms with Gasteiger partial charge in [-0.15, -0.1) is 0 Å². The van der Waals surface area contributed by atoms with E-state index in [4.69, 9.17) is 9.97 Å². The lowest BCUT2D eigenvalue weighted by atomic mass is 10.0. The molecule has 2 fully saturated rings. The van der Waals surface area contributed by atoms with Crippen LogP contribution in [-0.2, 0) is 19.4 Å². The van der Waals surface area contributed by atoms with Crippen molar-refractivity contribution in [2.24, 2.45) is 0 Å². The largest absolute Gasteiger partial charge is 0.356 e. The molecular weight excluding hydrogens is 458 g/mol. The Hall–Kier alpha value is -2.93. The van der Waals surface area contributed by atoms with Crippen LogP contribution in [-0.4, -0.2) is 57.3 Å². The predicted molar refractivity (Wildman–Crippen MR) is 150 cm³/mol. The van der Waals surface area contributed by atoms with Gasteiger partial charge in [-0.3, -0.25) is 10.00 Å². The SMILES string of the molecule is c1ccc(-c2[nH]ncc2CN2CCCC(Nc3nc4c(c(N5CCCCCC5)n3)CCCCC4)C2)cc1. The van der Waals surface area contributed by atoms with Crippen LogP contribution in [0.1, 0.15) is 74.6 Å². The molecule has 0 amide bonds. The van der Waals surface area contributed by atoms with Crippen LogP contribution >= 0.6 is 0 Å². The van der Waals surface area contributed by atoms with Crippen LogP contribution in [0.25, 0.3) is 11.3 Å². The molecule has 6 rings (SSSR count). The van der Waals surface area contributed by atoms with E-state index >= 15 is 0 Å². The number of nitrogens with zero attached hydrogens (tertiary/aromatic N) is 5. The highest BCUT2D eigenvalue weighted by atomic mass is 15.3. The van der Waals surface area contributed by atoms with Crippen LogP contribution in [0.5, 0.6) is 0 Å². The van der Waals surface area contributed by atoms with Gasteiger partial charge in [0.25, 0.3) is 0 Å². The van der Waals surface area contributed by atoms with Crippen molar-refractivity contribution in [2.45, 2.75) is 83.2 Å². The molecule has 1 aliphatic carbocycles. The zero-order valence-electron chi connectivity index (χ0n) is 22.1. The van der Waals surface area contributed by atoms with Crippen molar-refractivity contribution in [1.82, 2.24) is 25.1 Å².